The van der Waals surface area contributed by atoms with Gasteiger partial charge in [-0.3, -0.25) is 4.90 Å². The third-order valence-electron chi connectivity index (χ3n) is 3.86. The second kappa shape index (κ2) is 7.15. The van der Waals surface area contributed by atoms with Gasteiger partial charge in [0.05, 0.1) is 17.3 Å². The summed E-state index contributed by atoms with van der Waals surface area (Å²) < 4.78 is 5.74. The van der Waals surface area contributed by atoms with E-state index in [9.17, 15) is 0 Å². The Morgan fingerprint density at radius 2 is 2.14 bits per heavy atom. The zero-order chi connectivity index (χ0) is 15.4. The number of hydrogen-bond donors (Lipinski definition) is 0. The summed E-state index contributed by atoms with van der Waals surface area (Å²) in [5.74, 6) is 0.540. The van der Waals surface area contributed by atoms with Gasteiger partial charge in [0.15, 0.2) is 0 Å². The smallest absolute Gasteiger partial charge is 0.316 e. The molecule has 2 aromatic heterocycles. The first-order valence-corrected chi connectivity index (χ1v) is 8.62. The second-order valence-electron chi connectivity index (χ2n) is 5.96. The van der Waals surface area contributed by atoms with Crippen LogP contribution in [0.15, 0.2) is 17.8 Å². The van der Waals surface area contributed by atoms with Gasteiger partial charge >= 0.3 is 6.01 Å². The van der Waals surface area contributed by atoms with E-state index in [-0.39, 0.29) is 0 Å². The normalized spacial score (nSPS) is 19.3. The zero-order valence-electron chi connectivity index (χ0n) is 13.2. The lowest BCUT2D eigenvalue weighted by Crippen LogP contribution is -2.37. The van der Waals surface area contributed by atoms with Crippen LogP contribution in [0.3, 0.4) is 0 Å². The minimum absolute atomic E-state index is 0.484. The van der Waals surface area contributed by atoms with Gasteiger partial charge in [0.25, 0.3) is 0 Å². The Kier molecular flexibility index (Phi) is 5.00. The molecule has 1 atom stereocenters. The average Bonchev–Trinajstić information content (AvgIpc) is 2.92. The molecule has 0 bridgehead atoms. The van der Waals surface area contributed by atoms with Gasteiger partial charge in [-0.15, -0.1) is 11.3 Å². The van der Waals surface area contributed by atoms with Crippen molar-refractivity contribution in [3.63, 3.8) is 0 Å². The van der Waals surface area contributed by atoms with Gasteiger partial charge < -0.3 is 4.74 Å². The fraction of sp³-hybridized carbons (Fsp3) is 0.562. The van der Waals surface area contributed by atoms with E-state index in [0.717, 1.165) is 30.2 Å². The molecule has 1 saturated heterocycles. The molecule has 3 heterocycles. The first-order chi connectivity index (χ1) is 10.7. The van der Waals surface area contributed by atoms with E-state index in [1.165, 1.54) is 18.5 Å². The lowest BCUT2D eigenvalue weighted by Gasteiger charge is -2.31. The summed E-state index contributed by atoms with van der Waals surface area (Å²) >= 11 is 1.72. The van der Waals surface area contributed by atoms with Gasteiger partial charge in [0.2, 0.25) is 0 Å². The fourth-order valence-corrected chi connectivity index (χ4v) is 3.39. The molecule has 0 aromatic carbocycles. The van der Waals surface area contributed by atoms with Crippen molar-refractivity contribution in [3.05, 3.63) is 34.0 Å². The number of nitrogens with zero attached hydrogens (tertiary/aromatic N) is 4. The SMILES string of the molecule is Cc1cnc(OCC2CCCN(Cc3csc(C)n3)C2)nc1. The molecule has 118 valence electrons. The van der Waals surface area contributed by atoms with Crippen molar-refractivity contribution in [1.82, 2.24) is 19.9 Å². The van der Waals surface area contributed by atoms with Crippen molar-refractivity contribution in [1.29, 1.82) is 0 Å². The van der Waals surface area contributed by atoms with E-state index >= 15 is 0 Å². The van der Waals surface area contributed by atoms with Crippen molar-refractivity contribution >= 4 is 11.3 Å². The number of rotatable bonds is 5. The molecular weight excluding hydrogens is 296 g/mol. The van der Waals surface area contributed by atoms with E-state index in [0.29, 0.717) is 18.5 Å². The number of hydrogen-bond acceptors (Lipinski definition) is 6. The standard InChI is InChI=1S/C16H22N4OS/c1-12-6-17-16(18-7-12)21-10-14-4-3-5-20(8-14)9-15-11-22-13(2)19-15/h6-7,11,14H,3-5,8-10H2,1-2H3. The number of aryl methyl sites for hydroxylation is 2. The van der Waals surface area contributed by atoms with E-state index in [2.05, 4.69) is 32.2 Å². The molecule has 1 aliphatic heterocycles. The van der Waals surface area contributed by atoms with Gasteiger partial charge in [-0.05, 0) is 38.8 Å². The highest BCUT2D eigenvalue weighted by Gasteiger charge is 2.21. The van der Waals surface area contributed by atoms with Crippen molar-refractivity contribution in [2.45, 2.75) is 33.2 Å². The minimum atomic E-state index is 0.484. The Morgan fingerprint density at radius 1 is 1.32 bits per heavy atom. The molecule has 3 rings (SSSR count). The fourth-order valence-electron chi connectivity index (χ4n) is 2.79. The van der Waals surface area contributed by atoms with Crippen LogP contribution >= 0.6 is 11.3 Å². The Morgan fingerprint density at radius 3 is 2.86 bits per heavy atom. The quantitative estimate of drug-likeness (QED) is 0.848. The Hall–Kier alpha value is -1.53. The topological polar surface area (TPSA) is 51.1 Å². The summed E-state index contributed by atoms with van der Waals surface area (Å²) in [6.45, 7) is 7.87. The molecule has 0 saturated carbocycles. The largest absolute Gasteiger partial charge is 0.463 e. The van der Waals surface area contributed by atoms with Crippen LogP contribution in [0.2, 0.25) is 0 Å². The molecule has 0 radical (unpaired) electrons. The maximum atomic E-state index is 5.74. The zero-order valence-corrected chi connectivity index (χ0v) is 14.0. The number of piperidine rings is 1. The Labute approximate surface area is 135 Å². The summed E-state index contributed by atoms with van der Waals surface area (Å²) in [6, 6.07) is 0.484. The van der Waals surface area contributed by atoms with Crippen LogP contribution in [-0.2, 0) is 6.54 Å². The third kappa shape index (κ3) is 4.24. The maximum Gasteiger partial charge on any atom is 0.316 e. The van der Waals surface area contributed by atoms with Crippen molar-refractivity contribution < 1.29 is 4.74 Å². The Balaban J connectivity index is 1.49. The van der Waals surface area contributed by atoms with E-state index in [1.807, 2.05) is 6.92 Å². The van der Waals surface area contributed by atoms with Crippen LogP contribution < -0.4 is 4.74 Å². The Bertz CT molecular complexity index is 598. The molecule has 0 amide bonds. The molecule has 1 aliphatic rings. The monoisotopic (exact) mass is 318 g/mol. The molecule has 0 aliphatic carbocycles. The number of ether oxygens (including phenoxy) is 1. The average molecular weight is 318 g/mol. The van der Waals surface area contributed by atoms with Gasteiger partial charge in [-0.25, -0.2) is 15.0 Å². The van der Waals surface area contributed by atoms with Crippen LogP contribution in [0.5, 0.6) is 6.01 Å². The summed E-state index contributed by atoms with van der Waals surface area (Å²) in [5, 5.41) is 3.30. The lowest BCUT2D eigenvalue weighted by atomic mass is 9.99. The van der Waals surface area contributed by atoms with Crippen LogP contribution in [0.1, 0.15) is 29.1 Å². The van der Waals surface area contributed by atoms with Crippen molar-refractivity contribution in [3.8, 4) is 6.01 Å². The molecule has 6 heteroatoms. The summed E-state index contributed by atoms with van der Waals surface area (Å²) in [4.78, 5) is 15.4. The summed E-state index contributed by atoms with van der Waals surface area (Å²) in [5.41, 5.74) is 2.24. The van der Waals surface area contributed by atoms with E-state index in [4.69, 9.17) is 4.74 Å². The lowest BCUT2D eigenvalue weighted by molar-refractivity contribution is 0.120. The highest BCUT2D eigenvalue weighted by molar-refractivity contribution is 7.09. The minimum Gasteiger partial charge on any atom is -0.463 e. The predicted octanol–water partition coefficient (Wildman–Crippen LogP) is 2.84. The third-order valence-corrected chi connectivity index (χ3v) is 4.68. The first kappa shape index (κ1) is 15.4. The predicted molar refractivity (Wildman–Crippen MR) is 87.1 cm³/mol. The van der Waals surface area contributed by atoms with Gasteiger partial charge in [0, 0.05) is 36.8 Å². The molecule has 0 spiro atoms. The van der Waals surface area contributed by atoms with Crippen LogP contribution in [-0.4, -0.2) is 39.5 Å². The second-order valence-corrected chi connectivity index (χ2v) is 7.02. The number of aromatic nitrogens is 3. The van der Waals surface area contributed by atoms with Gasteiger partial charge in [-0.2, -0.15) is 0 Å². The van der Waals surface area contributed by atoms with E-state index < -0.39 is 0 Å². The number of thiazole rings is 1. The highest BCUT2D eigenvalue weighted by atomic mass is 32.1. The molecule has 1 fully saturated rings. The van der Waals surface area contributed by atoms with Crippen LogP contribution in [0.4, 0.5) is 0 Å². The van der Waals surface area contributed by atoms with Crippen LogP contribution in [0.25, 0.3) is 0 Å². The molecule has 1 unspecified atom stereocenters. The van der Waals surface area contributed by atoms with Crippen molar-refractivity contribution in [2.75, 3.05) is 19.7 Å². The first-order valence-electron chi connectivity index (χ1n) is 7.74. The maximum absolute atomic E-state index is 5.74. The summed E-state index contributed by atoms with van der Waals surface area (Å²) in [6.07, 6.45) is 6.00. The molecule has 0 N–H and O–H groups in total. The molecule has 22 heavy (non-hydrogen) atoms. The number of likely N-dealkylation sites (tertiary alicyclic amines) is 1. The van der Waals surface area contributed by atoms with E-state index in [1.54, 1.807) is 23.7 Å². The van der Waals surface area contributed by atoms with Crippen LogP contribution in [0, 0.1) is 19.8 Å². The van der Waals surface area contributed by atoms with Crippen molar-refractivity contribution in [2.24, 2.45) is 5.92 Å². The molecular formula is C16H22N4OS. The molecule has 5 nitrogen and oxygen atoms in total. The highest BCUT2D eigenvalue weighted by Crippen LogP contribution is 2.20. The van der Waals surface area contributed by atoms with Gasteiger partial charge in [0.1, 0.15) is 0 Å². The summed E-state index contributed by atoms with van der Waals surface area (Å²) in [7, 11) is 0. The molecule has 2 aromatic rings. The van der Waals surface area contributed by atoms with Gasteiger partial charge in [-0.1, -0.05) is 0 Å².